The van der Waals surface area contributed by atoms with Gasteiger partial charge < -0.3 is 10.4 Å². The van der Waals surface area contributed by atoms with E-state index in [1.165, 1.54) is 0 Å². The van der Waals surface area contributed by atoms with E-state index in [4.69, 9.17) is 5.11 Å². The van der Waals surface area contributed by atoms with Gasteiger partial charge in [0.25, 0.3) is 5.91 Å². The average molecular weight is 208 g/mol. The lowest BCUT2D eigenvalue weighted by Gasteiger charge is -2.04. The minimum atomic E-state index is -0.0681. The predicted octanol–water partition coefficient (Wildman–Crippen LogP) is 0.974. The van der Waals surface area contributed by atoms with Crippen LogP contribution in [0.25, 0.3) is 0 Å². The Morgan fingerprint density at radius 1 is 1.27 bits per heavy atom. The number of pyridine rings is 1. The molecule has 0 fully saturated rings. The predicted molar refractivity (Wildman–Crippen MR) is 57.5 cm³/mol. The van der Waals surface area contributed by atoms with Gasteiger partial charge in [-0.2, -0.15) is 0 Å². The molecule has 1 amide bonds. The Balaban J connectivity index is 2.20. The number of aromatic nitrogens is 1. The van der Waals surface area contributed by atoms with Gasteiger partial charge in [-0.3, -0.25) is 9.78 Å². The molecule has 0 bridgehead atoms. The van der Waals surface area contributed by atoms with Crippen molar-refractivity contribution < 1.29 is 9.90 Å². The molecule has 0 radical (unpaired) electrons. The first-order chi connectivity index (χ1) is 7.34. The normalized spacial score (nSPS) is 9.93. The van der Waals surface area contributed by atoms with Gasteiger partial charge in [0.1, 0.15) is 0 Å². The number of carbonyl (C=O) groups excluding carboxylic acids is 1. The van der Waals surface area contributed by atoms with E-state index in [0.717, 1.165) is 19.3 Å². The number of hydrogen-bond donors (Lipinski definition) is 2. The molecule has 0 saturated carbocycles. The van der Waals surface area contributed by atoms with Crippen LogP contribution in [0.15, 0.2) is 24.5 Å². The van der Waals surface area contributed by atoms with Crippen LogP contribution in [0.4, 0.5) is 0 Å². The number of aliphatic hydroxyl groups is 1. The smallest absolute Gasteiger partial charge is 0.251 e. The molecule has 0 unspecified atom stereocenters. The van der Waals surface area contributed by atoms with Crippen molar-refractivity contribution in [3.63, 3.8) is 0 Å². The highest BCUT2D eigenvalue weighted by Crippen LogP contribution is 1.97. The minimum Gasteiger partial charge on any atom is -0.396 e. The lowest BCUT2D eigenvalue weighted by molar-refractivity contribution is 0.0952. The van der Waals surface area contributed by atoms with Crippen LogP contribution < -0.4 is 5.32 Å². The molecule has 0 atom stereocenters. The van der Waals surface area contributed by atoms with Crippen molar-refractivity contribution >= 4 is 5.91 Å². The van der Waals surface area contributed by atoms with Crippen molar-refractivity contribution in [3.8, 4) is 0 Å². The highest BCUT2D eigenvalue weighted by molar-refractivity contribution is 5.93. The minimum absolute atomic E-state index is 0.0681. The Labute approximate surface area is 89.3 Å². The van der Waals surface area contributed by atoms with Gasteiger partial charge in [0, 0.05) is 31.1 Å². The third-order valence-electron chi connectivity index (χ3n) is 2.06. The van der Waals surface area contributed by atoms with Crippen LogP contribution in [0.5, 0.6) is 0 Å². The Morgan fingerprint density at radius 2 is 2.00 bits per heavy atom. The maximum absolute atomic E-state index is 11.5. The van der Waals surface area contributed by atoms with Crippen molar-refractivity contribution in [3.05, 3.63) is 30.1 Å². The fourth-order valence-electron chi connectivity index (χ4n) is 1.22. The molecule has 0 saturated heterocycles. The lowest BCUT2D eigenvalue weighted by Crippen LogP contribution is -2.24. The SMILES string of the molecule is O=C(NCCCCCO)c1ccncc1. The Hall–Kier alpha value is -1.42. The second kappa shape index (κ2) is 6.95. The maximum Gasteiger partial charge on any atom is 0.251 e. The second-order valence-corrected chi connectivity index (χ2v) is 3.28. The van der Waals surface area contributed by atoms with E-state index in [2.05, 4.69) is 10.3 Å². The summed E-state index contributed by atoms with van der Waals surface area (Å²) in [5.41, 5.74) is 0.632. The summed E-state index contributed by atoms with van der Waals surface area (Å²) in [6.45, 7) is 0.874. The molecule has 1 aromatic rings. The van der Waals surface area contributed by atoms with Crippen LogP contribution in [0, 0.1) is 0 Å². The van der Waals surface area contributed by atoms with E-state index in [1.54, 1.807) is 24.5 Å². The molecule has 0 aliphatic heterocycles. The monoisotopic (exact) mass is 208 g/mol. The van der Waals surface area contributed by atoms with Gasteiger partial charge in [-0.1, -0.05) is 0 Å². The molecule has 4 nitrogen and oxygen atoms in total. The zero-order chi connectivity index (χ0) is 10.9. The van der Waals surface area contributed by atoms with E-state index in [1.807, 2.05) is 0 Å². The van der Waals surface area contributed by atoms with E-state index in [-0.39, 0.29) is 12.5 Å². The van der Waals surface area contributed by atoms with Gasteiger partial charge in [-0.15, -0.1) is 0 Å². The van der Waals surface area contributed by atoms with E-state index in [0.29, 0.717) is 12.1 Å². The summed E-state index contributed by atoms with van der Waals surface area (Å²) in [7, 11) is 0. The Kier molecular flexibility index (Phi) is 5.40. The molecule has 82 valence electrons. The molecule has 0 aromatic carbocycles. The van der Waals surface area contributed by atoms with Crippen LogP contribution in [-0.4, -0.2) is 29.1 Å². The van der Waals surface area contributed by atoms with Gasteiger partial charge in [-0.05, 0) is 31.4 Å². The molecule has 2 N–H and O–H groups in total. The second-order valence-electron chi connectivity index (χ2n) is 3.28. The van der Waals surface area contributed by atoms with Crippen molar-refractivity contribution in [1.82, 2.24) is 10.3 Å². The first-order valence-corrected chi connectivity index (χ1v) is 5.13. The van der Waals surface area contributed by atoms with Gasteiger partial charge >= 0.3 is 0 Å². The quantitative estimate of drug-likeness (QED) is 0.685. The average Bonchev–Trinajstić information content (AvgIpc) is 2.30. The molecular weight excluding hydrogens is 192 g/mol. The number of unbranched alkanes of at least 4 members (excludes halogenated alkanes) is 2. The maximum atomic E-state index is 11.5. The molecule has 1 aromatic heterocycles. The van der Waals surface area contributed by atoms with E-state index >= 15 is 0 Å². The summed E-state index contributed by atoms with van der Waals surface area (Å²) in [5, 5.41) is 11.4. The Morgan fingerprint density at radius 3 is 2.67 bits per heavy atom. The lowest BCUT2D eigenvalue weighted by atomic mass is 10.2. The van der Waals surface area contributed by atoms with Crippen LogP contribution in [-0.2, 0) is 0 Å². The molecule has 0 spiro atoms. The third-order valence-corrected chi connectivity index (χ3v) is 2.06. The third kappa shape index (κ3) is 4.56. The summed E-state index contributed by atoms with van der Waals surface area (Å²) in [5.74, 6) is -0.0681. The summed E-state index contributed by atoms with van der Waals surface area (Å²) in [6.07, 6.45) is 5.83. The van der Waals surface area contributed by atoms with Crippen molar-refractivity contribution in [2.45, 2.75) is 19.3 Å². The molecule has 1 rings (SSSR count). The molecule has 0 aliphatic carbocycles. The molecule has 15 heavy (non-hydrogen) atoms. The summed E-state index contributed by atoms with van der Waals surface area (Å²) < 4.78 is 0. The van der Waals surface area contributed by atoms with Gasteiger partial charge in [0.15, 0.2) is 0 Å². The number of rotatable bonds is 6. The molecule has 4 heteroatoms. The van der Waals surface area contributed by atoms with Crippen molar-refractivity contribution in [1.29, 1.82) is 0 Å². The molecule has 1 heterocycles. The fraction of sp³-hybridized carbons (Fsp3) is 0.455. The van der Waals surface area contributed by atoms with Crippen LogP contribution in [0.2, 0.25) is 0 Å². The Bertz CT molecular complexity index is 288. The zero-order valence-corrected chi connectivity index (χ0v) is 8.65. The van der Waals surface area contributed by atoms with Gasteiger partial charge in [0.05, 0.1) is 0 Å². The highest BCUT2D eigenvalue weighted by atomic mass is 16.2. The fourth-order valence-corrected chi connectivity index (χ4v) is 1.22. The van der Waals surface area contributed by atoms with Crippen LogP contribution in [0.3, 0.4) is 0 Å². The summed E-state index contributed by atoms with van der Waals surface area (Å²) >= 11 is 0. The van der Waals surface area contributed by atoms with Gasteiger partial charge in [0.2, 0.25) is 0 Å². The first-order valence-electron chi connectivity index (χ1n) is 5.13. The topological polar surface area (TPSA) is 62.2 Å². The number of amides is 1. The summed E-state index contributed by atoms with van der Waals surface area (Å²) in [4.78, 5) is 15.3. The molecule has 0 aliphatic rings. The van der Waals surface area contributed by atoms with Crippen molar-refractivity contribution in [2.75, 3.05) is 13.2 Å². The van der Waals surface area contributed by atoms with E-state index in [9.17, 15) is 4.79 Å². The first kappa shape index (κ1) is 11.7. The number of aliphatic hydroxyl groups excluding tert-OH is 1. The number of hydrogen-bond acceptors (Lipinski definition) is 3. The number of carbonyl (C=O) groups is 1. The largest absolute Gasteiger partial charge is 0.396 e. The number of nitrogens with zero attached hydrogens (tertiary/aromatic N) is 1. The highest BCUT2D eigenvalue weighted by Gasteiger charge is 2.02. The van der Waals surface area contributed by atoms with Crippen molar-refractivity contribution in [2.24, 2.45) is 0 Å². The number of nitrogens with one attached hydrogen (secondary N) is 1. The molecular formula is C11H16N2O2. The van der Waals surface area contributed by atoms with E-state index < -0.39 is 0 Å². The summed E-state index contributed by atoms with van der Waals surface area (Å²) in [6, 6.07) is 3.37. The van der Waals surface area contributed by atoms with Crippen LogP contribution >= 0.6 is 0 Å². The standard InChI is InChI=1S/C11H16N2O2/c14-9-3-1-2-6-13-11(15)10-4-7-12-8-5-10/h4-5,7-8,14H,1-3,6,9H2,(H,13,15). The van der Waals surface area contributed by atoms with Gasteiger partial charge in [-0.25, -0.2) is 0 Å². The zero-order valence-electron chi connectivity index (χ0n) is 8.65. The van der Waals surface area contributed by atoms with Crippen LogP contribution in [0.1, 0.15) is 29.6 Å².